The molecule has 4 nitrogen and oxygen atoms in total. The summed E-state index contributed by atoms with van der Waals surface area (Å²) in [6, 6.07) is 11.8. The molecule has 3 rings (SSSR count). The zero-order valence-corrected chi connectivity index (χ0v) is 16.8. The predicted octanol–water partition coefficient (Wildman–Crippen LogP) is 4.83. The van der Waals surface area contributed by atoms with Gasteiger partial charge in [-0.3, -0.25) is 9.78 Å². The van der Waals surface area contributed by atoms with E-state index in [0.717, 1.165) is 32.6 Å². The number of aryl methyl sites for hydroxylation is 1. The van der Waals surface area contributed by atoms with E-state index < -0.39 is 0 Å². The maximum absolute atomic E-state index is 12.2. The lowest BCUT2D eigenvalue weighted by atomic mass is 10.1. The van der Waals surface area contributed by atoms with Crippen LogP contribution in [0, 0.1) is 0 Å². The van der Waals surface area contributed by atoms with Crippen LogP contribution in [0.5, 0.6) is 5.75 Å². The van der Waals surface area contributed by atoms with Gasteiger partial charge in [-0.2, -0.15) is 11.3 Å². The predicted molar refractivity (Wildman–Crippen MR) is 108 cm³/mol. The molecule has 0 spiro atoms. The van der Waals surface area contributed by atoms with Gasteiger partial charge in [0, 0.05) is 34.6 Å². The fourth-order valence-electron chi connectivity index (χ4n) is 2.63. The van der Waals surface area contributed by atoms with E-state index in [1.54, 1.807) is 24.6 Å². The molecule has 0 saturated heterocycles. The Bertz CT molecular complexity index is 881. The van der Waals surface area contributed by atoms with Gasteiger partial charge in [-0.25, -0.2) is 0 Å². The lowest BCUT2D eigenvalue weighted by Crippen LogP contribution is -2.23. The van der Waals surface area contributed by atoms with Gasteiger partial charge in [0.15, 0.2) is 0 Å². The average Bonchev–Trinajstić information content (AvgIpc) is 3.20. The number of carbonyl (C=O) groups is 1. The molecular formula is C20H19BrN2O2S. The number of hydrogen-bond donors (Lipinski definition) is 1. The zero-order chi connectivity index (χ0) is 18.4. The fraction of sp³-hybridized carbons (Fsp3) is 0.200. The maximum Gasteiger partial charge on any atom is 0.220 e. The number of rotatable bonds is 7. The smallest absolute Gasteiger partial charge is 0.220 e. The first-order valence-corrected chi connectivity index (χ1v) is 9.96. The normalized spacial score (nSPS) is 10.5. The van der Waals surface area contributed by atoms with Gasteiger partial charge in [-0.15, -0.1) is 0 Å². The molecule has 6 heteroatoms. The number of carbonyl (C=O) groups excluding carboxylic acids is 1. The summed E-state index contributed by atoms with van der Waals surface area (Å²) < 4.78 is 6.33. The number of nitrogens with one attached hydrogen (secondary N) is 1. The summed E-state index contributed by atoms with van der Waals surface area (Å²) in [4.78, 5) is 16.6. The SMILES string of the molecule is COc1ccc(Br)cc1CCC(=O)NCc1ccnc(-c2ccsc2)c1. The number of amides is 1. The highest BCUT2D eigenvalue weighted by Gasteiger charge is 2.08. The molecule has 134 valence electrons. The summed E-state index contributed by atoms with van der Waals surface area (Å²) in [5.41, 5.74) is 4.08. The lowest BCUT2D eigenvalue weighted by Gasteiger charge is -2.10. The van der Waals surface area contributed by atoms with Crippen LogP contribution in [0.3, 0.4) is 0 Å². The molecule has 0 aliphatic carbocycles. The number of ether oxygens (including phenoxy) is 1. The van der Waals surface area contributed by atoms with Crippen LogP contribution < -0.4 is 10.1 Å². The van der Waals surface area contributed by atoms with Gasteiger partial charge in [-0.1, -0.05) is 15.9 Å². The van der Waals surface area contributed by atoms with Gasteiger partial charge in [0.2, 0.25) is 5.91 Å². The van der Waals surface area contributed by atoms with Crippen LogP contribution in [0.25, 0.3) is 11.3 Å². The number of hydrogen-bond acceptors (Lipinski definition) is 4. The third kappa shape index (κ3) is 4.93. The largest absolute Gasteiger partial charge is 0.496 e. The molecule has 1 aromatic carbocycles. The van der Waals surface area contributed by atoms with E-state index in [4.69, 9.17) is 4.74 Å². The Balaban J connectivity index is 1.55. The van der Waals surface area contributed by atoms with E-state index >= 15 is 0 Å². The second-order valence-corrected chi connectivity index (χ2v) is 7.49. The number of halogens is 1. The van der Waals surface area contributed by atoms with Gasteiger partial charge in [-0.05, 0) is 59.3 Å². The Morgan fingerprint density at radius 3 is 2.92 bits per heavy atom. The van der Waals surface area contributed by atoms with E-state index in [1.807, 2.05) is 41.8 Å². The van der Waals surface area contributed by atoms with E-state index in [2.05, 4.69) is 31.6 Å². The Kier molecular flexibility index (Phi) is 6.41. The molecule has 3 aromatic rings. The van der Waals surface area contributed by atoms with Crippen LogP contribution in [-0.2, 0) is 17.8 Å². The monoisotopic (exact) mass is 430 g/mol. The zero-order valence-electron chi connectivity index (χ0n) is 14.4. The maximum atomic E-state index is 12.2. The molecular weight excluding hydrogens is 412 g/mol. The van der Waals surface area contributed by atoms with Crippen LogP contribution in [0.1, 0.15) is 17.5 Å². The minimum Gasteiger partial charge on any atom is -0.496 e. The number of aromatic nitrogens is 1. The summed E-state index contributed by atoms with van der Waals surface area (Å²) >= 11 is 5.10. The molecule has 2 heterocycles. The van der Waals surface area contributed by atoms with Gasteiger partial charge in [0.05, 0.1) is 12.8 Å². The number of pyridine rings is 1. The van der Waals surface area contributed by atoms with Crippen molar-refractivity contribution in [2.24, 2.45) is 0 Å². The minimum atomic E-state index is 0.0147. The van der Waals surface area contributed by atoms with Crippen molar-refractivity contribution < 1.29 is 9.53 Å². The first kappa shape index (κ1) is 18.6. The van der Waals surface area contributed by atoms with Crippen molar-refractivity contribution in [3.8, 4) is 17.0 Å². The minimum absolute atomic E-state index is 0.0147. The fourth-order valence-corrected chi connectivity index (χ4v) is 3.69. The van der Waals surface area contributed by atoms with Crippen LogP contribution >= 0.6 is 27.3 Å². The Morgan fingerprint density at radius 2 is 2.15 bits per heavy atom. The summed E-state index contributed by atoms with van der Waals surface area (Å²) in [5, 5.41) is 7.07. The molecule has 0 unspecified atom stereocenters. The Morgan fingerprint density at radius 1 is 1.27 bits per heavy atom. The standard InChI is InChI=1S/C20H19BrN2O2S/c1-25-19-4-3-17(21)11-15(19)2-5-20(24)23-12-14-6-8-22-18(10-14)16-7-9-26-13-16/h3-4,6-11,13H,2,5,12H2,1H3,(H,23,24). The van der Waals surface area contributed by atoms with E-state index in [1.165, 1.54) is 0 Å². The van der Waals surface area contributed by atoms with Crippen molar-refractivity contribution in [1.82, 2.24) is 10.3 Å². The van der Waals surface area contributed by atoms with Crippen molar-refractivity contribution in [1.29, 1.82) is 0 Å². The Hall–Kier alpha value is -2.18. The molecule has 26 heavy (non-hydrogen) atoms. The first-order valence-electron chi connectivity index (χ1n) is 8.22. The molecule has 0 fully saturated rings. The van der Waals surface area contributed by atoms with Crippen molar-refractivity contribution in [3.05, 3.63) is 69.0 Å². The van der Waals surface area contributed by atoms with Crippen LogP contribution in [0.15, 0.2) is 57.8 Å². The van der Waals surface area contributed by atoms with Gasteiger partial charge in [0.25, 0.3) is 0 Å². The number of methoxy groups -OCH3 is 1. The van der Waals surface area contributed by atoms with Crippen molar-refractivity contribution >= 4 is 33.2 Å². The molecule has 0 radical (unpaired) electrons. The number of benzene rings is 1. The molecule has 0 atom stereocenters. The second-order valence-electron chi connectivity index (χ2n) is 5.79. The van der Waals surface area contributed by atoms with Crippen molar-refractivity contribution in [2.45, 2.75) is 19.4 Å². The van der Waals surface area contributed by atoms with Gasteiger partial charge in [0.1, 0.15) is 5.75 Å². The third-order valence-corrected chi connectivity index (χ3v) is 5.17. The summed E-state index contributed by atoms with van der Waals surface area (Å²) in [6.07, 6.45) is 2.82. The van der Waals surface area contributed by atoms with Crippen LogP contribution in [-0.4, -0.2) is 18.0 Å². The van der Waals surface area contributed by atoms with E-state index in [-0.39, 0.29) is 5.91 Å². The van der Waals surface area contributed by atoms with Crippen LogP contribution in [0.2, 0.25) is 0 Å². The Labute approximate surface area is 165 Å². The highest BCUT2D eigenvalue weighted by molar-refractivity contribution is 9.10. The molecule has 0 bridgehead atoms. The third-order valence-electron chi connectivity index (χ3n) is 3.99. The average molecular weight is 431 g/mol. The van der Waals surface area contributed by atoms with Gasteiger partial charge >= 0.3 is 0 Å². The molecule has 0 aliphatic heterocycles. The lowest BCUT2D eigenvalue weighted by molar-refractivity contribution is -0.121. The van der Waals surface area contributed by atoms with Crippen molar-refractivity contribution in [2.75, 3.05) is 7.11 Å². The number of thiophene rings is 1. The highest BCUT2D eigenvalue weighted by Crippen LogP contribution is 2.24. The van der Waals surface area contributed by atoms with Crippen molar-refractivity contribution in [3.63, 3.8) is 0 Å². The number of nitrogens with zero attached hydrogens (tertiary/aromatic N) is 1. The summed E-state index contributed by atoms with van der Waals surface area (Å²) in [5.74, 6) is 0.816. The van der Waals surface area contributed by atoms with Gasteiger partial charge < -0.3 is 10.1 Å². The second kappa shape index (κ2) is 8.96. The molecule has 2 aromatic heterocycles. The van der Waals surface area contributed by atoms with E-state index in [0.29, 0.717) is 19.4 Å². The quantitative estimate of drug-likeness (QED) is 0.583. The topological polar surface area (TPSA) is 51.2 Å². The van der Waals surface area contributed by atoms with Crippen LogP contribution in [0.4, 0.5) is 0 Å². The molecule has 0 aliphatic rings. The molecule has 0 saturated carbocycles. The van der Waals surface area contributed by atoms with E-state index in [9.17, 15) is 4.79 Å². The summed E-state index contributed by atoms with van der Waals surface area (Å²) in [6.45, 7) is 0.494. The summed E-state index contributed by atoms with van der Waals surface area (Å²) in [7, 11) is 1.64. The highest BCUT2D eigenvalue weighted by atomic mass is 79.9. The molecule has 1 N–H and O–H groups in total. The first-order chi connectivity index (χ1) is 12.7. The molecule has 1 amide bonds.